The first kappa shape index (κ1) is 18.9. The fourth-order valence-corrected chi connectivity index (χ4v) is 3.32. The van der Waals surface area contributed by atoms with E-state index in [1.54, 1.807) is 19.5 Å². The predicted octanol–water partition coefficient (Wildman–Crippen LogP) is 1.73. The Morgan fingerprint density at radius 1 is 1.19 bits per heavy atom. The van der Waals surface area contributed by atoms with Crippen LogP contribution in [0.2, 0.25) is 0 Å². The Labute approximate surface area is 161 Å². The summed E-state index contributed by atoms with van der Waals surface area (Å²) < 4.78 is 5.47. The van der Waals surface area contributed by atoms with E-state index in [4.69, 9.17) is 4.74 Å². The monoisotopic (exact) mass is 368 g/mol. The fourth-order valence-electron chi connectivity index (χ4n) is 3.32. The van der Waals surface area contributed by atoms with Crippen LogP contribution in [0.5, 0.6) is 5.75 Å². The van der Waals surface area contributed by atoms with Gasteiger partial charge in [-0.2, -0.15) is 0 Å². The standard InChI is InChI=1S/C20H28N6O/c1-16-5-6-18(27-3)17(15-16)7-10-24-19(21-2)25-11-13-26(14-12-25)20-22-8-4-9-23-20/h4-6,8-9,15H,7,10-14H2,1-3H3,(H,21,24). The zero-order valence-corrected chi connectivity index (χ0v) is 16.4. The van der Waals surface area contributed by atoms with Crippen LogP contribution in [0.1, 0.15) is 11.1 Å². The van der Waals surface area contributed by atoms with E-state index < -0.39 is 0 Å². The molecule has 1 fully saturated rings. The van der Waals surface area contributed by atoms with E-state index in [1.165, 1.54) is 11.1 Å². The Hall–Kier alpha value is -2.83. The number of nitrogens with one attached hydrogen (secondary N) is 1. The van der Waals surface area contributed by atoms with E-state index in [-0.39, 0.29) is 0 Å². The van der Waals surface area contributed by atoms with Crippen molar-refractivity contribution >= 4 is 11.9 Å². The summed E-state index contributed by atoms with van der Waals surface area (Å²) in [6, 6.07) is 8.13. The molecule has 1 aliphatic heterocycles. The van der Waals surface area contributed by atoms with Gasteiger partial charge in [-0.3, -0.25) is 4.99 Å². The number of anilines is 1. The summed E-state index contributed by atoms with van der Waals surface area (Å²) in [4.78, 5) is 17.6. The summed E-state index contributed by atoms with van der Waals surface area (Å²) in [6.45, 7) is 6.48. The molecule has 0 radical (unpaired) electrons. The molecular weight excluding hydrogens is 340 g/mol. The van der Waals surface area contributed by atoms with E-state index in [9.17, 15) is 0 Å². The summed E-state index contributed by atoms with van der Waals surface area (Å²) in [5, 5.41) is 3.48. The van der Waals surface area contributed by atoms with Crippen molar-refractivity contribution < 1.29 is 4.74 Å². The Morgan fingerprint density at radius 3 is 2.59 bits per heavy atom. The van der Waals surface area contributed by atoms with Gasteiger partial charge in [0.05, 0.1) is 7.11 Å². The van der Waals surface area contributed by atoms with Gasteiger partial charge >= 0.3 is 0 Å². The van der Waals surface area contributed by atoms with Gasteiger partial charge in [0.2, 0.25) is 5.95 Å². The van der Waals surface area contributed by atoms with Crippen molar-refractivity contribution in [3.8, 4) is 5.75 Å². The van der Waals surface area contributed by atoms with Gasteiger partial charge < -0.3 is 19.9 Å². The highest BCUT2D eigenvalue weighted by Gasteiger charge is 2.20. The van der Waals surface area contributed by atoms with Crippen LogP contribution in [0.3, 0.4) is 0 Å². The molecule has 0 bridgehead atoms. The maximum atomic E-state index is 5.47. The predicted molar refractivity (Wildman–Crippen MR) is 109 cm³/mol. The van der Waals surface area contributed by atoms with Gasteiger partial charge in [0.15, 0.2) is 5.96 Å². The molecule has 3 rings (SSSR count). The fraction of sp³-hybridized carbons (Fsp3) is 0.450. The molecule has 2 heterocycles. The molecule has 7 heteroatoms. The van der Waals surface area contributed by atoms with Crippen LogP contribution in [0.25, 0.3) is 0 Å². The van der Waals surface area contributed by atoms with E-state index >= 15 is 0 Å². The minimum atomic E-state index is 0.798. The summed E-state index contributed by atoms with van der Waals surface area (Å²) >= 11 is 0. The number of hydrogen-bond acceptors (Lipinski definition) is 5. The Bertz CT molecular complexity index is 756. The number of rotatable bonds is 5. The molecule has 1 N–H and O–H groups in total. The van der Waals surface area contributed by atoms with Crippen LogP contribution in [-0.4, -0.2) is 67.7 Å². The number of benzene rings is 1. The zero-order chi connectivity index (χ0) is 19.1. The molecule has 1 aliphatic rings. The topological polar surface area (TPSA) is 65.9 Å². The first-order valence-corrected chi connectivity index (χ1v) is 9.32. The highest BCUT2D eigenvalue weighted by atomic mass is 16.5. The number of piperazine rings is 1. The van der Waals surface area contributed by atoms with Gasteiger partial charge in [-0.1, -0.05) is 17.7 Å². The average Bonchev–Trinajstić information content (AvgIpc) is 2.72. The number of hydrogen-bond donors (Lipinski definition) is 1. The number of ether oxygens (including phenoxy) is 1. The number of aliphatic imine (C=N–C) groups is 1. The second-order valence-electron chi connectivity index (χ2n) is 6.56. The van der Waals surface area contributed by atoms with E-state index in [2.05, 4.69) is 49.1 Å². The molecule has 1 aromatic heterocycles. The van der Waals surface area contributed by atoms with Crippen molar-refractivity contribution in [1.29, 1.82) is 0 Å². The lowest BCUT2D eigenvalue weighted by atomic mass is 10.1. The minimum Gasteiger partial charge on any atom is -0.496 e. The molecule has 7 nitrogen and oxygen atoms in total. The Balaban J connectivity index is 1.51. The molecule has 2 aromatic rings. The maximum absolute atomic E-state index is 5.47. The Morgan fingerprint density at radius 2 is 1.93 bits per heavy atom. The molecule has 144 valence electrons. The first-order chi connectivity index (χ1) is 13.2. The normalized spacial score (nSPS) is 15.0. The SMILES string of the molecule is CN=C(NCCc1cc(C)ccc1OC)N1CCN(c2ncccn2)CC1. The number of methoxy groups -OCH3 is 1. The van der Waals surface area contributed by atoms with Crippen LogP contribution >= 0.6 is 0 Å². The lowest BCUT2D eigenvalue weighted by molar-refractivity contribution is 0.370. The van der Waals surface area contributed by atoms with E-state index in [0.717, 1.165) is 56.8 Å². The van der Waals surface area contributed by atoms with Gasteiger partial charge in [0, 0.05) is 52.2 Å². The summed E-state index contributed by atoms with van der Waals surface area (Å²) in [7, 11) is 3.55. The van der Waals surface area contributed by atoms with Crippen LogP contribution < -0.4 is 15.0 Å². The smallest absolute Gasteiger partial charge is 0.225 e. The van der Waals surface area contributed by atoms with Crippen molar-refractivity contribution in [3.05, 3.63) is 47.8 Å². The van der Waals surface area contributed by atoms with Crippen molar-refractivity contribution in [2.45, 2.75) is 13.3 Å². The van der Waals surface area contributed by atoms with Crippen molar-refractivity contribution in [2.24, 2.45) is 4.99 Å². The van der Waals surface area contributed by atoms with Crippen molar-refractivity contribution in [3.63, 3.8) is 0 Å². The van der Waals surface area contributed by atoms with Crippen LogP contribution in [0.15, 0.2) is 41.7 Å². The molecule has 27 heavy (non-hydrogen) atoms. The van der Waals surface area contributed by atoms with Crippen LogP contribution in [-0.2, 0) is 6.42 Å². The molecule has 1 saturated heterocycles. The van der Waals surface area contributed by atoms with Gasteiger partial charge in [0.25, 0.3) is 0 Å². The highest BCUT2D eigenvalue weighted by molar-refractivity contribution is 5.80. The number of aromatic nitrogens is 2. The van der Waals surface area contributed by atoms with Crippen LogP contribution in [0, 0.1) is 6.92 Å². The van der Waals surface area contributed by atoms with Gasteiger partial charge in [-0.15, -0.1) is 0 Å². The van der Waals surface area contributed by atoms with Crippen molar-refractivity contribution in [1.82, 2.24) is 20.2 Å². The van der Waals surface area contributed by atoms with Crippen LogP contribution in [0.4, 0.5) is 5.95 Å². The maximum Gasteiger partial charge on any atom is 0.225 e. The largest absolute Gasteiger partial charge is 0.496 e. The quantitative estimate of drug-likeness (QED) is 0.641. The summed E-state index contributed by atoms with van der Waals surface area (Å²) in [6.07, 6.45) is 4.46. The number of guanidine groups is 1. The summed E-state index contributed by atoms with van der Waals surface area (Å²) in [5.74, 6) is 2.68. The molecule has 0 aliphatic carbocycles. The van der Waals surface area contributed by atoms with Gasteiger partial charge in [0.1, 0.15) is 5.75 Å². The Kier molecular flexibility index (Phi) is 6.46. The van der Waals surface area contributed by atoms with Gasteiger partial charge in [-0.25, -0.2) is 9.97 Å². The molecular formula is C20H28N6O. The third-order valence-corrected chi connectivity index (χ3v) is 4.74. The van der Waals surface area contributed by atoms with E-state index in [1.807, 2.05) is 19.2 Å². The average molecular weight is 368 g/mol. The second kappa shape index (κ2) is 9.21. The molecule has 0 saturated carbocycles. The molecule has 0 amide bonds. The lowest BCUT2D eigenvalue weighted by Gasteiger charge is -2.36. The molecule has 0 spiro atoms. The molecule has 1 aromatic carbocycles. The van der Waals surface area contributed by atoms with Gasteiger partial charge in [-0.05, 0) is 31.0 Å². The third kappa shape index (κ3) is 4.87. The highest BCUT2D eigenvalue weighted by Crippen LogP contribution is 2.19. The summed E-state index contributed by atoms with van der Waals surface area (Å²) in [5.41, 5.74) is 2.46. The molecule has 0 unspecified atom stereocenters. The minimum absolute atomic E-state index is 0.798. The molecule has 0 atom stereocenters. The zero-order valence-electron chi connectivity index (χ0n) is 16.4. The first-order valence-electron chi connectivity index (χ1n) is 9.32. The van der Waals surface area contributed by atoms with E-state index in [0.29, 0.717) is 0 Å². The second-order valence-corrected chi connectivity index (χ2v) is 6.56. The third-order valence-electron chi connectivity index (χ3n) is 4.74. The number of nitrogens with zero attached hydrogens (tertiary/aromatic N) is 5. The van der Waals surface area contributed by atoms with Crippen molar-refractivity contribution in [2.75, 3.05) is 51.8 Å². The lowest BCUT2D eigenvalue weighted by Crippen LogP contribution is -2.53. The number of aryl methyl sites for hydroxylation is 1.